The lowest BCUT2D eigenvalue weighted by molar-refractivity contribution is -0.385. The van der Waals surface area contributed by atoms with E-state index in [1.807, 2.05) is 0 Å². The summed E-state index contributed by atoms with van der Waals surface area (Å²) in [6, 6.07) is 2.44. The number of ether oxygens (including phenoxy) is 1. The smallest absolute Gasteiger partial charge is 0.323 e. The SMILES string of the molecule is CCOC(=O)C(C)NS(=O)(=O)c1ccc(C)c([N+](=O)[O-])c1. The summed E-state index contributed by atoms with van der Waals surface area (Å²) in [5.41, 5.74) is 0.0408. The van der Waals surface area contributed by atoms with E-state index >= 15 is 0 Å². The second kappa shape index (κ2) is 6.64. The molecule has 0 aromatic heterocycles. The molecule has 0 aliphatic heterocycles. The molecule has 0 amide bonds. The molecular weight excluding hydrogens is 300 g/mol. The quantitative estimate of drug-likeness (QED) is 0.478. The molecule has 0 aliphatic rings. The monoisotopic (exact) mass is 316 g/mol. The van der Waals surface area contributed by atoms with Gasteiger partial charge in [-0.15, -0.1) is 0 Å². The van der Waals surface area contributed by atoms with Gasteiger partial charge in [0.25, 0.3) is 5.69 Å². The lowest BCUT2D eigenvalue weighted by Crippen LogP contribution is -2.39. The van der Waals surface area contributed by atoms with Crippen LogP contribution in [-0.4, -0.2) is 32.0 Å². The Labute approximate surface area is 122 Å². The fourth-order valence-electron chi connectivity index (χ4n) is 1.57. The highest BCUT2D eigenvalue weighted by molar-refractivity contribution is 7.89. The molecule has 0 spiro atoms. The second-order valence-corrected chi connectivity index (χ2v) is 6.01. The minimum atomic E-state index is -4.05. The van der Waals surface area contributed by atoms with Crippen LogP contribution >= 0.6 is 0 Å². The predicted molar refractivity (Wildman–Crippen MR) is 74.2 cm³/mol. The number of hydrogen-bond acceptors (Lipinski definition) is 6. The first-order valence-electron chi connectivity index (χ1n) is 6.13. The van der Waals surface area contributed by atoms with E-state index in [2.05, 4.69) is 4.72 Å². The van der Waals surface area contributed by atoms with E-state index in [0.29, 0.717) is 5.56 Å². The molecule has 1 aromatic carbocycles. The Balaban J connectivity index is 3.06. The molecular formula is C12H16N2O6S. The maximum Gasteiger partial charge on any atom is 0.323 e. The van der Waals surface area contributed by atoms with Gasteiger partial charge in [-0.1, -0.05) is 6.07 Å². The number of carbonyl (C=O) groups excluding carboxylic acids is 1. The van der Waals surface area contributed by atoms with Crippen LogP contribution in [0.4, 0.5) is 5.69 Å². The number of hydrogen-bond donors (Lipinski definition) is 1. The van der Waals surface area contributed by atoms with Gasteiger partial charge in [-0.3, -0.25) is 14.9 Å². The van der Waals surface area contributed by atoms with Crippen molar-refractivity contribution >= 4 is 21.7 Å². The maximum absolute atomic E-state index is 12.1. The average Bonchev–Trinajstić information content (AvgIpc) is 2.38. The van der Waals surface area contributed by atoms with Gasteiger partial charge in [0, 0.05) is 11.6 Å². The zero-order chi connectivity index (χ0) is 16.2. The minimum absolute atomic E-state index is 0.126. The maximum atomic E-state index is 12.1. The summed E-state index contributed by atoms with van der Waals surface area (Å²) in [6.07, 6.45) is 0. The molecule has 1 N–H and O–H groups in total. The van der Waals surface area contributed by atoms with E-state index in [4.69, 9.17) is 4.74 Å². The van der Waals surface area contributed by atoms with E-state index in [-0.39, 0.29) is 17.2 Å². The predicted octanol–water partition coefficient (Wildman–Crippen LogP) is 1.13. The Hall–Kier alpha value is -2.00. The molecule has 1 unspecified atom stereocenters. The molecule has 8 nitrogen and oxygen atoms in total. The molecule has 1 rings (SSSR count). The van der Waals surface area contributed by atoms with Crippen LogP contribution in [0, 0.1) is 17.0 Å². The first-order chi connectivity index (χ1) is 9.69. The standard InChI is InChI=1S/C12H16N2O6S/c1-4-20-12(15)9(3)13-21(18,19)10-6-5-8(2)11(7-10)14(16)17/h5-7,9,13H,4H2,1-3H3. The molecule has 21 heavy (non-hydrogen) atoms. The van der Waals surface area contributed by atoms with Gasteiger partial charge in [0.2, 0.25) is 10.0 Å². The summed E-state index contributed by atoms with van der Waals surface area (Å²) in [6.45, 7) is 4.56. The third kappa shape index (κ3) is 4.23. The number of benzene rings is 1. The number of nitrogens with zero attached hydrogens (tertiary/aromatic N) is 1. The minimum Gasteiger partial charge on any atom is -0.465 e. The third-order valence-electron chi connectivity index (χ3n) is 2.66. The van der Waals surface area contributed by atoms with Crippen LogP contribution in [0.5, 0.6) is 0 Å². The Bertz CT molecular complexity index is 656. The Morgan fingerprint density at radius 2 is 2.10 bits per heavy atom. The van der Waals surface area contributed by atoms with Crippen molar-refractivity contribution < 1.29 is 22.9 Å². The average molecular weight is 316 g/mol. The highest BCUT2D eigenvalue weighted by Gasteiger charge is 2.25. The largest absolute Gasteiger partial charge is 0.465 e. The van der Waals surface area contributed by atoms with Crippen LogP contribution < -0.4 is 4.72 Å². The highest BCUT2D eigenvalue weighted by atomic mass is 32.2. The fourth-order valence-corrected chi connectivity index (χ4v) is 2.78. The molecule has 116 valence electrons. The third-order valence-corrected chi connectivity index (χ3v) is 4.20. The number of rotatable bonds is 6. The van der Waals surface area contributed by atoms with E-state index in [0.717, 1.165) is 6.07 Å². The van der Waals surface area contributed by atoms with Gasteiger partial charge in [-0.25, -0.2) is 8.42 Å². The molecule has 1 aromatic rings. The highest BCUT2D eigenvalue weighted by Crippen LogP contribution is 2.22. The first kappa shape index (κ1) is 17.1. The van der Waals surface area contributed by atoms with Crippen LogP contribution in [0.1, 0.15) is 19.4 Å². The lowest BCUT2D eigenvalue weighted by Gasteiger charge is -2.13. The van der Waals surface area contributed by atoms with E-state index in [9.17, 15) is 23.3 Å². The Morgan fingerprint density at radius 3 is 2.62 bits per heavy atom. The van der Waals surface area contributed by atoms with Crippen molar-refractivity contribution in [2.45, 2.75) is 31.7 Å². The summed E-state index contributed by atoms with van der Waals surface area (Å²) in [4.78, 5) is 21.3. The summed E-state index contributed by atoms with van der Waals surface area (Å²) in [5.74, 6) is -0.720. The number of nitro benzene ring substituents is 1. The number of nitrogens with one attached hydrogen (secondary N) is 1. The van der Waals surface area contributed by atoms with Crippen molar-refractivity contribution in [3.63, 3.8) is 0 Å². The van der Waals surface area contributed by atoms with E-state index < -0.39 is 27.0 Å². The zero-order valence-electron chi connectivity index (χ0n) is 11.8. The van der Waals surface area contributed by atoms with Gasteiger partial charge in [-0.2, -0.15) is 4.72 Å². The van der Waals surface area contributed by atoms with Crippen molar-refractivity contribution in [2.75, 3.05) is 6.61 Å². The topological polar surface area (TPSA) is 116 Å². The summed E-state index contributed by atoms with van der Waals surface area (Å²) >= 11 is 0. The van der Waals surface area contributed by atoms with Gasteiger partial charge < -0.3 is 4.74 Å². The Morgan fingerprint density at radius 1 is 1.48 bits per heavy atom. The Kier molecular flexibility index (Phi) is 5.39. The molecule has 9 heteroatoms. The summed E-state index contributed by atoms with van der Waals surface area (Å²) < 4.78 is 31.0. The van der Waals surface area contributed by atoms with Crippen LogP contribution in [0.2, 0.25) is 0 Å². The number of nitro groups is 1. The van der Waals surface area contributed by atoms with Crippen LogP contribution in [0.25, 0.3) is 0 Å². The molecule has 0 bridgehead atoms. The van der Waals surface area contributed by atoms with Gasteiger partial charge in [-0.05, 0) is 26.8 Å². The molecule has 0 saturated carbocycles. The molecule has 0 heterocycles. The van der Waals surface area contributed by atoms with Crippen molar-refractivity contribution in [1.82, 2.24) is 4.72 Å². The van der Waals surface area contributed by atoms with Crippen LogP contribution in [-0.2, 0) is 19.6 Å². The van der Waals surface area contributed by atoms with Gasteiger partial charge in [0.05, 0.1) is 16.4 Å². The summed E-state index contributed by atoms with van der Waals surface area (Å²) in [5, 5.41) is 10.8. The second-order valence-electron chi connectivity index (χ2n) is 4.30. The normalized spacial score (nSPS) is 12.7. The number of sulfonamides is 1. The molecule has 1 atom stereocenters. The number of carbonyl (C=O) groups is 1. The molecule has 0 aliphatic carbocycles. The summed E-state index contributed by atoms with van der Waals surface area (Å²) in [7, 11) is -4.05. The lowest BCUT2D eigenvalue weighted by atomic mass is 10.2. The molecule has 0 fully saturated rings. The van der Waals surface area contributed by atoms with Gasteiger partial charge >= 0.3 is 5.97 Å². The van der Waals surface area contributed by atoms with Crippen molar-refractivity contribution in [3.8, 4) is 0 Å². The molecule has 0 radical (unpaired) electrons. The van der Waals surface area contributed by atoms with Crippen molar-refractivity contribution in [2.24, 2.45) is 0 Å². The van der Waals surface area contributed by atoms with E-state index in [1.165, 1.54) is 26.0 Å². The molecule has 0 saturated heterocycles. The first-order valence-corrected chi connectivity index (χ1v) is 7.61. The van der Waals surface area contributed by atoms with Crippen LogP contribution in [0.15, 0.2) is 23.1 Å². The van der Waals surface area contributed by atoms with Crippen LogP contribution in [0.3, 0.4) is 0 Å². The van der Waals surface area contributed by atoms with Gasteiger partial charge in [0.15, 0.2) is 0 Å². The fraction of sp³-hybridized carbons (Fsp3) is 0.417. The van der Waals surface area contributed by atoms with Gasteiger partial charge in [0.1, 0.15) is 6.04 Å². The van der Waals surface area contributed by atoms with E-state index in [1.54, 1.807) is 6.92 Å². The number of aryl methyl sites for hydroxylation is 1. The number of esters is 1. The van der Waals surface area contributed by atoms with Crippen molar-refractivity contribution in [3.05, 3.63) is 33.9 Å². The zero-order valence-corrected chi connectivity index (χ0v) is 12.6. The van der Waals surface area contributed by atoms with Crippen molar-refractivity contribution in [1.29, 1.82) is 0 Å².